The first-order chi connectivity index (χ1) is 56.0. The first kappa shape index (κ1) is 81.3. The van der Waals surface area contributed by atoms with Gasteiger partial charge in [0.05, 0.1) is 79.6 Å². The smallest absolute Gasteiger partial charge is 0.316 e. The molecule has 0 amide bonds. The molecule has 0 radical (unpaired) electrons. The van der Waals surface area contributed by atoms with Gasteiger partial charge in [0.25, 0.3) is 30.1 Å². The lowest BCUT2D eigenvalue weighted by atomic mass is 10.1. The van der Waals surface area contributed by atoms with E-state index >= 15 is 13.2 Å². The molecule has 15 rings (SSSR count). The number of halogens is 9. The maximum absolute atomic E-state index is 15.9. The van der Waals surface area contributed by atoms with Crippen LogP contribution in [0.15, 0.2) is 210 Å². The van der Waals surface area contributed by atoms with Crippen molar-refractivity contribution in [3.63, 3.8) is 0 Å². The first-order valence-electron chi connectivity index (χ1n) is 33.2. The molecule has 15 aromatic rings. The maximum atomic E-state index is 15.9. The summed E-state index contributed by atoms with van der Waals surface area (Å²) >= 11 is 3.46. The van der Waals surface area contributed by atoms with Gasteiger partial charge in [0.2, 0.25) is 23.8 Å². The van der Waals surface area contributed by atoms with Crippen LogP contribution < -0.4 is 46.6 Å². The zero-order valence-electron chi connectivity index (χ0n) is 59.4. The highest BCUT2D eigenvalue weighted by molar-refractivity contribution is 7.93. The zero-order chi connectivity index (χ0) is 83.2. The molecule has 0 unspecified atom stereocenters. The minimum absolute atomic E-state index is 0.00764. The predicted molar refractivity (Wildman–Crippen MR) is 420 cm³/mol. The van der Waals surface area contributed by atoms with Crippen LogP contribution in [0, 0.1) is 52.4 Å². The fraction of sp³-hybridized carbons (Fsp3) is 0.0405. The largest absolute Gasteiger partial charge is 0.497 e. The van der Waals surface area contributed by atoms with Crippen LogP contribution in [0.25, 0.3) is 97.2 Å². The number of hydrogen-bond donors (Lipinski definition) is 7. The van der Waals surface area contributed by atoms with Gasteiger partial charge < -0.3 is 32.4 Å². The molecule has 0 fully saturated rings. The molecule has 11 N–H and O–H groups in total. The van der Waals surface area contributed by atoms with Crippen molar-refractivity contribution in [3.8, 4) is 109 Å². The standard InChI is InChI=1S/C26H18F3N5O3S2.C25H18F3N7O3S2.C23H15F3N8O2S2/c1-37-15-10-8-14(9-11-15)25-33-22(23(38-25)20-12-13-31-26(30)32-20)16-4-2-7-19(21(16)29)34-39(35,36)24-17(27)5-3-6-18(24)28;1-2-38-25-31-11-13(12-32-25)23-34-20(21(39-23)18-9-10-30-24(29)33-18)14-5-3-8-17(19(14)28)35-40(36,37)22-15(26)6-4-7-16(22)27;24-13-4-2-5-14(25)20(13)38(35,36)34-15-6-1-3-12(17(15)26)18-19(16-7-8-29-23(28)32-16)37-21(33-18)11-9-30-22(27)31-10-11/h2-13,34H,1H3,(H2,30,31,32);3-12,35H,2H2,1H3,(H2,29,30,33);1-10,34H,(H2,27,30,31)(H2,28,29,32). The third kappa shape index (κ3) is 17.8. The summed E-state index contributed by atoms with van der Waals surface area (Å²) in [6.07, 6.45) is 10.1. The molecule has 0 aliphatic heterocycles. The number of nitrogens with one attached hydrogen (secondary N) is 3. The molecule has 28 nitrogen and oxygen atoms in total. The van der Waals surface area contributed by atoms with Crippen molar-refractivity contribution in [2.24, 2.45) is 0 Å². The van der Waals surface area contributed by atoms with E-state index in [2.05, 4.69) is 64.8 Å². The monoisotopic (exact) mass is 1710 g/mol. The first-order valence-corrected chi connectivity index (χ1v) is 40.1. The van der Waals surface area contributed by atoms with Crippen LogP contribution in [0.4, 0.5) is 80.4 Å². The third-order valence-corrected chi connectivity index (χ3v) is 23.7. The van der Waals surface area contributed by atoms with Gasteiger partial charge in [-0.15, -0.1) is 34.0 Å². The van der Waals surface area contributed by atoms with Gasteiger partial charge in [-0.2, -0.15) is 0 Å². The Morgan fingerprint density at radius 3 is 0.957 bits per heavy atom. The molecule has 7 aromatic carbocycles. The Morgan fingerprint density at radius 1 is 0.359 bits per heavy atom. The zero-order valence-corrected chi connectivity index (χ0v) is 64.3. The summed E-state index contributed by atoms with van der Waals surface area (Å²) in [5.41, 5.74) is 24.0. The molecule has 43 heteroatoms. The molecule has 594 valence electrons. The highest BCUT2D eigenvalue weighted by Gasteiger charge is 2.32. The van der Waals surface area contributed by atoms with Gasteiger partial charge in [0.1, 0.15) is 55.7 Å². The van der Waals surface area contributed by atoms with Crippen molar-refractivity contribution < 1.29 is 74.2 Å². The molecule has 8 heterocycles. The van der Waals surface area contributed by atoms with Gasteiger partial charge in [0.15, 0.2) is 32.1 Å². The number of rotatable bonds is 21. The van der Waals surface area contributed by atoms with Crippen molar-refractivity contribution in [2.45, 2.75) is 21.6 Å². The summed E-state index contributed by atoms with van der Waals surface area (Å²) in [7, 11) is -12.9. The number of nitrogen functional groups attached to an aromatic ring is 4. The van der Waals surface area contributed by atoms with Crippen molar-refractivity contribution in [2.75, 3.05) is 50.8 Å². The van der Waals surface area contributed by atoms with E-state index in [1.807, 2.05) is 14.2 Å². The Balaban J connectivity index is 0.000000152. The number of anilines is 7. The molecular formula is C74H51F9N20O8S6. The Labute approximate surface area is 668 Å². The van der Waals surface area contributed by atoms with Crippen LogP contribution in [0.1, 0.15) is 6.92 Å². The van der Waals surface area contributed by atoms with E-state index in [0.29, 0.717) is 75.8 Å². The summed E-state index contributed by atoms with van der Waals surface area (Å²) in [6, 6.07) is 31.3. The minimum atomic E-state index is -4.83. The van der Waals surface area contributed by atoms with Crippen molar-refractivity contribution in [1.82, 2.24) is 64.8 Å². The topological polar surface area (TPSA) is 429 Å². The SMILES string of the molecule is CCOc1ncc(-c2nc(-c3cccc(NS(=O)(=O)c4c(F)cccc4F)c3F)c(-c3ccnc(N)n3)s2)cn1.COc1ccc(-c2nc(-c3cccc(NS(=O)(=O)c4c(F)cccc4F)c3F)c(-c3ccnc(N)n3)s2)cc1.Nc1ncc(-c2nc(-c3cccc(NS(=O)(=O)c4c(F)cccc4F)c3F)c(-c3ccnc(N)n3)s2)cn1. The Kier molecular flexibility index (Phi) is 23.7. The number of sulfonamides is 3. The molecule has 0 aliphatic rings. The van der Waals surface area contributed by atoms with E-state index in [1.165, 1.54) is 91.1 Å². The fourth-order valence-corrected chi connectivity index (χ4v) is 17.6. The van der Waals surface area contributed by atoms with E-state index in [0.717, 1.165) is 95.5 Å². The second-order valence-corrected chi connectivity index (χ2v) is 31.6. The van der Waals surface area contributed by atoms with Crippen LogP contribution >= 0.6 is 34.0 Å². The van der Waals surface area contributed by atoms with E-state index < -0.39 is 114 Å². The molecule has 8 aromatic heterocycles. The van der Waals surface area contributed by atoms with Gasteiger partial charge in [-0.1, -0.05) is 36.4 Å². The molecule has 0 atom stereocenters. The normalized spacial score (nSPS) is 11.4. The summed E-state index contributed by atoms with van der Waals surface area (Å²) < 4.78 is 226. The summed E-state index contributed by atoms with van der Waals surface area (Å²) in [5.74, 6) is -10.4. The van der Waals surface area contributed by atoms with Gasteiger partial charge in [0, 0.05) is 76.8 Å². The number of aromatic nitrogens is 13. The van der Waals surface area contributed by atoms with Crippen molar-refractivity contribution in [1.29, 1.82) is 0 Å². The lowest BCUT2D eigenvalue weighted by molar-refractivity contribution is 0.312. The number of hydrogen-bond acceptors (Lipinski definition) is 28. The minimum Gasteiger partial charge on any atom is -0.497 e. The average Bonchev–Trinajstić information content (AvgIpc) is 1.67. The number of nitrogens with zero attached hydrogens (tertiary/aromatic N) is 13. The van der Waals surface area contributed by atoms with E-state index in [4.69, 9.17) is 32.4 Å². The molecule has 0 aliphatic carbocycles. The molecule has 0 saturated heterocycles. The van der Waals surface area contributed by atoms with Gasteiger partial charge in [-0.05, 0) is 122 Å². The van der Waals surface area contributed by atoms with Gasteiger partial charge in [-0.3, -0.25) is 14.2 Å². The van der Waals surface area contributed by atoms with Crippen LogP contribution in [0.2, 0.25) is 0 Å². The van der Waals surface area contributed by atoms with Crippen molar-refractivity contribution >= 4 is 105 Å². The summed E-state index contributed by atoms with van der Waals surface area (Å²) in [6.45, 7) is 2.17. The number of methoxy groups -OCH3 is 1. The van der Waals surface area contributed by atoms with E-state index in [1.54, 1.807) is 56.5 Å². The third-order valence-electron chi connectivity index (χ3n) is 16.1. The number of ether oxygens (including phenoxy) is 2. The number of nitrogens with two attached hydrogens (primary N) is 4. The summed E-state index contributed by atoms with van der Waals surface area (Å²) in [5, 5.41) is 1.29. The molecular weight excluding hydrogens is 1660 g/mol. The van der Waals surface area contributed by atoms with E-state index in [9.17, 15) is 51.6 Å². The quantitative estimate of drug-likeness (QED) is 0.0329. The van der Waals surface area contributed by atoms with Crippen LogP contribution in [0.3, 0.4) is 0 Å². The molecule has 0 spiro atoms. The second kappa shape index (κ2) is 34.1. The van der Waals surface area contributed by atoms with Crippen molar-refractivity contribution in [3.05, 3.63) is 247 Å². The highest BCUT2D eigenvalue weighted by atomic mass is 32.2. The lowest BCUT2D eigenvalue weighted by Gasteiger charge is -2.12. The average molecular weight is 1710 g/mol. The van der Waals surface area contributed by atoms with Crippen LogP contribution in [0.5, 0.6) is 11.8 Å². The number of thiazole rings is 3. The van der Waals surface area contributed by atoms with Gasteiger partial charge in [-0.25, -0.2) is 130 Å². The van der Waals surface area contributed by atoms with Crippen LogP contribution in [-0.4, -0.2) is 104 Å². The number of benzene rings is 7. The molecule has 0 saturated carbocycles. The summed E-state index contributed by atoms with van der Waals surface area (Å²) in [4.78, 5) is 51.7. The molecule has 117 heavy (non-hydrogen) atoms. The highest BCUT2D eigenvalue weighted by Crippen LogP contribution is 2.46. The Morgan fingerprint density at radius 2 is 0.658 bits per heavy atom. The fourth-order valence-electron chi connectivity index (χ4n) is 10.9. The van der Waals surface area contributed by atoms with Gasteiger partial charge >= 0.3 is 6.01 Å². The molecule has 0 bridgehead atoms. The Bertz CT molecular complexity index is 6590. The predicted octanol–water partition coefficient (Wildman–Crippen LogP) is 14.8. The lowest BCUT2D eigenvalue weighted by Crippen LogP contribution is -2.17. The Hall–Kier alpha value is -13.8. The van der Waals surface area contributed by atoms with E-state index in [-0.39, 0.29) is 63.6 Å². The maximum Gasteiger partial charge on any atom is 0.316 e. The van der Waals surface area contributed by atoms with Crippen LogP contribution in [-0.2, 0) is 30.1 Å². The second-order valence-electron chi connectivity index (χ2n) is 23.7.